The van der Waals surface area contributed by atoms with E-state index in [0.29, 0.717) is 50.7 Å². The van der Waals surface area contributed by atoms with Crippen LogP contribution in [0.4, 0.5) is 0 Å². The van der Waals surface area contributed by atoms with Gasteiger partial charge in [-0.1, -0.05) is 141 Å². The summed E-state index contributed by atoms with van der Waals surface area (Å²) in [7, 11) is 8.11. The normalized spacial score (nSPS) is 13.6. The molecule has 0 aliphatic heterocycles. The lowest BCUT2D eigenvalue weighted by atomic mass is 9.88. The van der Waals surface area contributed by atoms with E-state index in [2.05, 4.69) is 184 Å². The lowest BCUT2D eigenvalue weighted by molar-refractivity contribution is -0.660. The fourth-order valence-electron chi connectivity index (χ4n) is 16.7. The van der Waals surface area contributed by atoms with Crippen LogP contribution in [-0.2, 0) is 53.7 Å². The van der Waals surface area contributed by atoms with Crippen molar-refractivity contribution in [1.82, 2.24) is 15.0 Å². The van der Waals surface area contributed by atoms with Crippen LogP contribution in [0.1, 0.15) is 147 Å². The predicted octanol–water partition coefficient (Wildman–Crippen LogP) is 25.2. The molecule has 0 aliphatic carbocycles. The molecule has 0 radical (unpaired) electrons. The highest BCUT2D eigenvalue weighted by Gasteiger charge is 2.30. The summed E-state index contributed by atoms with van der Waals surface area (Å²) >= 11 is 0. The minimum absolute atomic E-state index is 0.137. The average Bonchev–Trinajstić information content (AvgIpc) is 1.46. The summed E-state index contributed by atoms with van der Waals surface area (Å²) in [5.41, 5.74) is 27.0. The number of fused-ring (bicyclic) bond motifs is 14. The largest absolute Gasteiger partial charge is 0.437 e. The smallest absolute Gasteiger partial charge is 0.227 e. The summed E-state index contributed by atoms with van der Waals surface area (Å²) in [6.45, 7) is 32.0. The summed E-state index contributed by atoms with van der Waals surface area (Å²) in [6.07, 6.45) is -1.30. The first kappa shape index (κ1) is 67.7. The van der Waals surface area contributed by atoms with Crippen molar-refractivity contribution in [2.24, 2.45) is 51.4 Å². The summed E-state index contributed by atoms with van der Waals surface area (Å²) < 4.78 is 104. The number of pyridine rings is 7. The molecule has 115 heavy (non-hydrogen) atoms. The molecule has 0 fully saturated rings. The Hall–Kier alpha value is -11.8. The van der Waals surface area contributed by atoms with Crippen molar-refractivity contribution in [3.63, 3.8) is 0 Å². The van der Waals surface area contributed by atoms with E-state index in [0.717, 1.165) is 139 Å². The van der Waals surface area contributed by atoms with Gasteiger partial charge in [-0.15, -0.1) is 0 Å². The highest BCUT2D eigenvalue weighted by Crippen LogP contribution is 2.45. The van der Waals surface area contributed by atoms with Gasteiger partial charge < -0.3 is 13.3 Å². The van der Waals surface area contributed by atoms with Crippen molar-refractivity contribution in [2.45, 2.75) is 150 Å². The van der Waals surface area contributed by atoms with Crippen molar-refractivity contribution < 1.29 is 43.9 Å². The van der Waals surface area contributed by atoms with Gasteiger partial charge in [0.15, 0.2) is 22.9 Å². The van der Waals surface area contributed by atoms with E-state index in [-0.39, 0.29) is 17.4 Å². The number of aryl methyl sites for hydroxylation is 11. The topological polar surface area (TPSA) is 93.6 Å². The van der Waals surface area contributed by atoms with Gasteiger partial charge in [0.25, 0.3) is 0 Å². The first-order chi connectivity index (χ1) is 58.5. The van der Waals surface area contributed by atoms with Gasteiger partial charge in [-0.3, -0.25) is 0 Å². The summed E-state index contributed by atoms with van der Waals surface area (Å²) in [5.74, 6) is 0.292. The van der Waals surface area contributed by atoms with Crippen LogP contribution in [0, 0.1) is 85.4 Å². The molecule has 0 bridgehead atoms. The van der Waals surface area contributed by atoms with E-state index >= 15 is 0 Å². The highest BCUT2D eigenvalue weighted by atomic mass is 16.3. The van der Waals surface area contributed by atoms with E-state index in [4.69, 9.17) is 30.6 Å². The number of aromatic nitrogens is 7. The number of nitrogens with zero attached hydrogens (tertiary/aromatic N) is 7. The van der Waals surface area contributed by atoms with Crippen LogP contribution in [0.2, 0.25) is 0 Å². The number of hydrogen-bond acceptors (Lipinski definition) is 6. The van der Waals surface area contributed by atoms with E-state index in [1.54, 1.807) is 6.07 Å². The monoisotopic (exact) mass is 1530 g/mol. The standard InChI is InChI=1S/C31H29N2O.2C28H29N2O.C18H24N/c1-18(2)17-21-9-8-12-26-23(21)15-16-27(33(26)5)28-20(4)22-10-6-7-11-24(22)29-25-14-13-19(3)32-31(25)34-30(28)29;2*1-16(2)14-20-8-7-9-24-21(20)12-13-25(30(24)6)26-19(5)17(3)15-23-22-11-10-18(4)29-28(22)31-27(23)26;1-14-8-6-7-9-16(14)17-11-10-15(13-19(17)5)12-18(2,3)4/h6-16,18H,17H2,1-5H3;2*7-13,15-16H,14H2,1-6H3;6-11,13H,12H2,1-5H3/q4*+1/i17D2;3D3,14D2;;12D2. The average molecular weight is 1530 g/mol. The molecule has 0 saturated heterocycles. The van der Waals surface area contributed by atoms with Gasteiger partial charge in [0.05, 0.1) is 16.7 Å². The fourth-order valence-corrected chi connectivity index (χ4v) is 16.7. The number of benzene rings is 8. The molecule has 10 heterocycles. The second-order valence-electron chi connectivity index (χ2n) is 33.3. The summed E-state index contributed by atoms with van der Waals surface area (Å²) in [4.78, 5) is 13.9. The van der Waals surface area contributed by atoms with Crippen LogP contribution in [0.25, 0.3) is 155 Å². The maximum atomic E-state index is 8.74. The number of hydrogen-bond donors (Lipinski definition) is 0. The van der Waals surface area contributed by atoms with Crippen LogP contribution >= 0.6 is 0 Å². The quantitative estimate of drug-likeness (QED) is 0.120. The van der Waals surface area contributed by atoms with Crippen molar-refractivity contribution >= 4 is 110 Å². The zero-order valence-corrected chi connectivity index (χ0v) is 70.4. The van der Waals surface area contributed by atoms with Crippen molar-refractivity contribution in [1.29, 1.82) is 0 Å². The van der Waals surface area contributed by atoms with Gasteiger partial charge in [0, 0.05) is 131 Å². The molecule has 8 aromatic carbocycles. The first-order valence-corrected chi connectivity index (χ1v) is 40.2. The Morgan fingerprint density at radius 1 is 0.374 bits per heavy atom. The first-order valence-electron chi connectivity index (χ1n) is 44.7. The molecule has 18 aromatic rings. The van der Waals surface area contributed by atoms with Gasteiger partial charge in [0.1, 0.15) is 28.2 Å². The van der Waals surface area contributed by atoms with Crippen molar-refractivity contribution in [2.75, 3.05) is 0 Å². The van der Waals surface area contributed by atoms with Gasteiger partial charge in [0.2, 0.25) is 56.5 Å². The minimum Gasteiger partial charge on any atom is -0.437 e. The number of furan rings is 3. The maximum absolute atomic E-state index is 8.74. The molecule has 0 unspecified atom stereocenters. The Morgan fingerprint density at radius 3 is 1.27 bits per heavy atom. The molecular formula is C105H111N7O3+4. The highest BCUT2D eigenvalue weighted by molar-refractivity contribution is 6.23. The van der Waals surface area contributed by atoms with Crippen molar-refractivity contribution in [3.05, 3.63) is 279 Å². The lowest BCUT2D eigenvalue weighted by Gasteiger charge is -2.17. The fraction of sp³-hybridized carbons (Fsp3) is 0.286. The van der Waals surface area contributed by atoms with Gasteiger partial charge in [-0.25, -0.2) is 19.5 Å². The number of rotatable bonds is 11. The Bertz CT molecular complexity index is 7310. The minimum atomic E-state index is -2.30. The molecule has 18 rings (SSSR count). The van der Waals surface area contributed by atoms with E-state index in [1.807, 2.05) is 191 Å². The van der Waals surface area contributed by atoms with E-state index in [1.165, 1.54) is 44.1 Å². The van der Waals surface area contributed by atoms with E-state index < -0.39 is 31.4 Å². The Labute approximate surface area is 690 Å². The molecule has 10 nitrogen and oxygen atoms in total. The van der Waals surface area contributed by atoms with E-state index in [9.17, 15) is 0 Å². The zero-order valence-electron chi connectivity index (χ0n) is 79.4. The molecule has 0 atom stereocenters. The van der Waals surface area contributed by atoms with Crippen LogP contribution < -0.4 is 18.3 Å². The molecule has 0 N–H and O–H groups in total. The third kappa shape index (κ3) is 15.2. The van der Waals surface area contributed by atoms with Crippen molar-refractivity contribution in [3.8, 4) is 45.0 Å². The molecule has 580 valence electrons. The lowest BCUT2D eigenvalue weighted by Crippen LogP contribution is -2.32. The van der Waals surface area contributed by atoms with Crippen LogP contribution in [0.5, 0.6) is 0 Å². The van der Waals surface area contributed by atoms with Gasteiger partial charge in [-0.2, -0.15) is 13.7 Å². The second-order valence-corrected chi connectivity index (χ2v) is 33.3. The van der Waals surface area contributed by atoms with Gasteiger partial charge >= 0.3 is 0 Å². The Morgan fingerprint density at radius 2 is 0.791 bits per heavy atom. The SMILES string of the molecule is Cc1ccc2c(n1)oc1c(-c3ccc4c(CC(C)C)cccc4[n+]3C)c(C)c(C)cc12.[2H]C([2H])([2H])c1cc2c(oc3nc(C)ccc32)c(-c2ccc3c(C([2H])([2H])C(C)C)cccc3[n+]2C)c1C.[2H]C([2H])(c1ccc(-c2ccccc2C)[n+](C)c1)C(C)(C)C.[2H]C([2H])(c1cccc2c1ccc(-c1c(C)c3ccccc3c3c1oc1nc(C)ccc13)[n+]2C)C(C)C. The Balaban J connectivity index is 0.000000130. The van der Waals surface area contributed by atoms with Crippen LogP contribution in [0.15, 0.2) is 220 Å². The molecule has 0 aliphatic rings. The Kier molecular flexibility index (Phi) is 18.6. The van der Waals surface area contributed by atoms with Gasteiger partial charge in [-0.05, 0) is 251 Å². The second kappa shape index (κ2) is 31.6. The predicted molar refractivity (Wildman–Crippen MR) is 479 cm³/mol. The zero-order chi connectivity index (χ0) is 89.2. The van der Waals surface area contributed by atoms with Crippen LogP contribution in [-0.4, -0.2) is 15.0 Å². The third-order valence-electron chi connectivity index (χ3n) is 22.3. The molecule has 0 spiro atoms. The molecule has 0 amide bonds. The molecule has 10 aromatic heterocycles. The maximum Gasteiger partial charge on any atom is 0.227 e. The summed E-state index contributed by atoms with van der Waals surface area (Å²) in [6, 6.07) is 67.6. The third-order valence-corrected chi connectivity index (χ3v) is 22.3. The molecule has 10 heteroatoms. The summed E-state index contributed by atoms with van der Waals surface area (Å²) in [5, 5.41) is 11.2. The van der Waals surface area contributed by atoms with Crippen LogP contribution in [0.3, 0.4) is 0 Å². The molecule has 0 saturated carbocycles. The molecular weight excluding hydrogens is 1410 g/mol.